The molecule has 2 saturated heterocycles. The average Bonchev–Trinajstić information content (AvgIpc) is 3.74. The van der Waals surface area contributed by atoms with Crippen LogP contribution in [0.2, 0.25) is 5.02 Å². The van der Waals surface area contributed by atoms with Crippen molar-refractivity contribution in [2.45, 2.75) is 51.3 Å². The molecule has 2 fully saturated rings. The van der Waals surface area contributed by atoms with Crippen LogP contribution in [-0.2, 0) is 0 Å². The normalized spacial score (nSPS) is 19.2. The van der Waals surface area contributed by atoms with Crippen molar-refractivity contribution < 1.29 is 35.7 Å². The first-order chi connectivity index (χ1) is 19.5. The Morgan fingerprint density at radius 3 is 2.68 bits per heavy atom. The number of anilines is 2. The summed E-state index contributed by atoms with van der Waals surface area (Å²) in [5.41, 5.74) is 1.19. The van der Waals surface area contributed by atoms with E-state index in [9.17, 15) is 4.79 Å². The van der Waals surface area contributed by atoms with Crippen molar-refractivity contribution in [3.63, 3.8) is 0 Å². The number of carbonyl (C=O) groups excluding carboxylic acids is 1. The number of benzene rings is 2. The molecule has 2 amide bonds. The first-order valence-corrected chi connectivity index (χ1v) is 16.8. The van der Waals surface area contributed by atoms with E-state index >= 15 is 0 Å². The van der Waals surface area contributed by atoms with Crippen LogP contribution < -0.4 is 41.6 Å². The number of urea groups is 1. The van der Waals surface area contributed by atoms with E-state index in [2.05, 4.69) is 46.3 Å². The fraction of sp³-hybridized carbons (Fsp3) is 0.429. The third kappa shape index (κ3) is 7.43. The number of nitrogens with one attached hydrogen (secondary N) is 3. The van der Waals surface area contributed by atoms with Crippen molar-refractivity contribution in [3.05, 3.63) is 45.3 Å². The molecule has 1 aromatic heterocycles. The number of halogens is 3. The second kappa shape index (κ2) is 12.6. The zero-order valence-corrected chi connectivity index (χ0v) is 28.4. The van der Waals surface area contributed by atoms with Crippen molar-refractivity contribution in [1.29, 1.82) is 5.41 Å². The van der Waals surface area contributed by atoms with Crippen LogP contribution in [0.1, 0.15) is 33.6 Å². The number of fused-ring (bicyclic) bond motifs is 1. The number of rotatable bonds is 8. The molecular weight excluding hydrogens is 772 g/mol. The van der Waals surface area contributed by atoms with Gasteiger partial charge in [-0.3, -0.25) is 0 Å². The molecule has 3 N–H and O–H groups in total. The molecule has 0 unspecified atom stereocenters. The molecule has 3 aromatic rings. The molecule has 3 heterocycles. The Morgan fingerprint density at radius 2 is 1.98 bits per heavy atom. The van der Waals surface area contributed by atoms with Crippen LogP contribution in [0.25, 0.3) is 10.9 Å². The molecule has 0 spiro atoms. The van der Waals surface area contributed by atoms with Crippen LogP contribution in [-0.4, -0.2) is 72.2 Å². The number of amides is 2. The topological polar surface area (TPSA) is 115 Å². The quantitative estimate of drug-likeness (QED) is 0.139. The van der Waals surface area contributed by atoms with Gasteiger partial charge in [0, 0.05) is 0 Å². The van der Waals surface area contributed by atoms with Gasteiger partial charge in [0.15, 0.2) is 0 Å². The van der Waals surface area contributed by atoms with E-state index in [1.54, 1.807) is 7.11 Å². The number of hydrogen-bond acceptors (Lipinski definition) is 8. The number of likely N-dealkylation sites (tertiary alicyclic amines) is 1. The van der Waals surface area contributed by atoms with E-state index in [0.717, 1.165) is 27.7 Å². The van der Waals surface area contributed by atoms with Crippen LogP contribution in [0.15, 0.2) is 36.7 Å². The molecule has 220 valence electrons. The van der Waals surface area contributed by atoms with Crippen molar-refractivity contribution in [2.24, 2.45) is 0 Å². The van der Waals surface area contributed by atoms with E-state index in [0.29, 0.717) is 51.0 Å². The van der Waals surface area contributed by atoms with E-state index in [-0.39, 0.29) is 23.7 Å². The van der Waals surface area contributed by atoms with Crippen LogP contribution in [0.3, 0.4) is 0 Å². The Morgan fingerprint density at radius 1 is 1.20 bits per heavy atom. The van der Waals surface area contributed by atoms with Gasteiger partial charge in [-0.2, -0.15) is 0 Å². The Labute approximate surface area is 269 Å². The number of hydrogen-bond donors (Lipinski definition) is 3. The van der Waals surface area contributed by atoms with E-state index < -0.39 is 21.5 Å². The zero-order valence-electron chi connectivity index (χ0n) is 23.3. The molecule has 0 aliphatic carbocycles. The first kappa shape index (κ1) is 30.3. The van der Waals surface area contributed by atoms with E-state index in [1.807, 2.05) is 56.0 Å². The Hall–Kier alpha value is -2.17. The maximum absolute atomic E-state index is 13.2. The molecule has 0 radical (unpaired) electrons. The summed E-state index contributed by atoms with van der Waals surface area (Å²) < 4.78 is 16.1. The fourth-order valence-corrected chi connectivity index (χ4v) is 7.56. The number of methoxy groups -OCH3 is 1. The standard InChI is InChI=1S/C28H33ClI2N7O3/c1-28(2,3)36-27(39)38-9-8-16(12-21(38)25(32)31-37-10-11-37)41-23-13-17-20(14-22(23)40-4)33-15-34-26(17)35-19-7-5-6-18(29)24(19)30/h5-7,13-16,21,32H,8-12H2,1-4H3,(H,36,39)(H,33,34,35)/q-1/t16-,21-/m0/s1. The van der Waals surface area contributed by atoms with Crippen molar-refractivity contribution in [3.8, 4) is 11.5 Å². The second-order valence-electron chi connectivity index (χ2n) is 11.0. The van der Waals surface area contributed by atoms with Gasteiger partial charge >= 0.3 is 220 Å². The molecule has 41 heavy (non-hydrogen) atoms. The fourth-order valence-electron chi connectivity index (χ4n) is 4.55. The Kier molecular flexibility index (Phi) is 9.31. The summed E-state index contributed by atoms with van der Waals surface area (Å²) in [7, 11) is 1.61. The summed E-state index contributed by atoms with van der Waals surface area (Å²) >= 11 is 7.98. The van der Waals surface area contributed by atoms with Gasteiger partial charge in [-0.25, -0.2) is 0 Å². The van der Waals surface area contributed by atoms with Gasteiger partial charge in [0.25, 0.3) is 0 Å². The molecule has 2 atom stereocenters. The van der Waals surface area contributed by atoms with Crippen LogP contribution in [0, 0.1) is 8.98 Å². The molecule has 10 nitrogen and oxygen atoms in total. The number of nitrogens with zero attached hydrogens (tertiary/aromatic N) is 4. The summed E-state index contributed by atoms with van der Waals surface area (Å²) in [6, 6.07) is 8.99. The average molecular weight is 805 g/mol. The van der Waals surface area contributed by atoms with Gasteiger partial charge < -0.3 is 0 Å². The third-order valence-corrected chi connectivity index (χ3v) is 11.3. The third-order valence-electron chi connectivity index (χ3n) is 6.61. The number of ether oxygens (including phenoxy) is 2. The predicted molar refractivity (Wildman–Crippen MR) is 165 cm³/mol. The number of carbonyl (C=O) groups is 1. The van der Waals surface area contributed by atoms with Crippen molar-refractivity contribution in [1.82, 2.24) is 23.3 Å². The SMILES string of the molecule is COc1cc2ncnc(Nc3cccc(Cl)c3I)c2cc1O[C@H]1CCN(C(=O)NC(C)(C)C)[C@H](C(=N)[I-]N2CC2)C1. The predicted octanol–water partition coefficient (Wildman–Crippen LogP) is 2.66. The molecular formula is C28H33ClI2N7O3-. The van der Waals surface area contributed by atoms with Crippen LogP contribution >= 0.6 is 34.2 Å². The molecule has 0 saturated carbocycles. The van der Waals surface area contributed by atoms with Crippen molar-refractivity contribution in [2.75, 3.05) is 32.1 Å². The molecule has 0 bridgehead atoms. The molecule has 13 heteroatoms. The maximum atomic E-state index is 13.2. The Balaban J connectivity index is 1.41. The van der Waals surface area contributed by atoms with Gasteiger partial charge in [-0.15, -0.1) is 0 Å². The zero-order chi connectivity index (χ0) is 29.3. The molecule has 2 aliphatic heterocycles. The van der Waals surface area contributed by atoms with Gasteiger partial charge in [0.05, 0.1) is 5.02 Å². The molecule has 2 aliphatic rings. The van der Waals surface area contributed by atoms with Crippen molar-refractivity contribution >= 4 is 66.3 Å². The summed E-state index contributed by atoms with van der Waals surface area (Å²) in [6.45, 7) is 8.49. The summed E-state index contributed by atoms with van der Waals surface area (Å²) in [4.78, 5) is 24.0. The first-order valence-electron chi connectivity index (χ1n) is 13.3. The minimum atomic E-state index is -0.567. The van der Waals surface area contributed by atoms with Gasteiger partial charge in [0.2, 0.25) is 0 Å². The summed E-state index contributed by atoms with van der Waals surface area (Å²) in [6.07, 6.45) is 2.50. The molecule has 5 rings (SSSR count). The van der Waals surface area contributed by atoms with Gasteiger partial charge in [-0.05, 0) is 28.7 Å². The van der Waals surface area contributed by atoms with E-state index in [1.165, 1.54) is 6.33 Å². The van der Waals surface area contributed by atoms with Gasteiger partial charge in [0.1, 0.15) is 0 Å². The Bertz CT molecular complexity index is 1460. The second-order valence-corrected chi connectivity index (χ2v) is 15.5. The van der Waals surface area contributed by atoms with E-state index in [4.69, 9.17) is 26.5 Å². The number of aromatic nitrogens is 2. The summed E-state index contributed by atoms with van der Waals surface area (Å²) in [5, 5.41) is 16.8. The van der Waals surface area contributed by atoms with Crippen LogP contribution in [0.5, 0.6) is 11.5 Å². The van der Waals surface area contributed by atoms with Gasteiger partial charge in [-0.1, -0.05) is 17.7 Å². The monoisotopic (exact) mass is 804 g/mol. The number of piperidine rings is 1. The summed E-state index contributed by atoms with van der Waals surface area (Å²) in [5.74, 6) is 1.76. The minimum absolute atomic E-state index is 0.132. The van der Waals surface area contributed by atoms with Crippen LogP contribution in [0.4, 0.5) is 16.3 Å². The molecule has 2 aromatic carbocycles.